The largest absolute Gasteiger partial charge is 0.300 e. The fourth-order valence-corrected chi connectivity index (χ4v) is 1.50. The summed E-state index contributed by atoms with van der Waals surface area (Å²) in [6.07, 6.45) is 8.09. The van der Waals surface area contributed by atoms with Gasteiger partial charge in [-0.2, -0.15) is 0 Å². The van der Waals surface area contributed by atoms with Crippen LogP contribution >= 0.6 is 0 Å². The first-order valence-electron chi connectivity index (χ1n) is 5.02. The van der Waals surface area contributed by atoms with Crippen molar-refractivity contribution in [3.8, 4) is 0 Å². The van der Waals surface area contributed by atoms with E-state index < -0.39 is 0 Å². The van der Waals surface area contributed by atoms with E-state index in [1.54, 1.807) is 0 Å². The summed E-state index contributed by atoms with van der Waals surface area (Å²) in [7, 11) is 4.27. The minimum Gasteiger partial charge on any atom is -0.300 e. The zero-order chi connectivity index (χ0) is 10.1. The first-order valence-corrected chi connectivity index (χ1v) is 5.02. The molecule has 1 aliphatic carbocycles. The van der Waals surface area contributed by atoms with E-state index in [9.17, 15) is 0 Å². The molecular formula is C12H21N. The van der Waals surface area contributed by atoms with Crippen molar-refractivity contribution in [3.63, 3.8) is 0 Å². The summed E-state index contributed by atoms with van der Waals surface area (Å²) in [5.74, 6) is 0.656. The minimum atomic E-state index is 0.221. The molecule has 0 N–H and O–H groups in total. The summed E-state index contributed by atoms with van der Waals surface area (Å²) < 4.78 is 0. The van der Waals surface area contributed by atoms with Crippen LogP contribution in [0.1, 0.15) is 27.2 Å². The molecule has 0 aromatic rings. The van der Waals surface area contributed by atoms with Gasteiger partial charge < -0.3 is 4.90 Å². The zero-order valence-electron chi connectivity index (χ0n) is 9.46. The molecule has 0 bridgehead atoms. The third kappa shape index (κ3) is 2.22. The maximum atomic E-state index is 2.37. The molecule has 1 heteroatoms. The monoisotopic (exact) mass is 179 g/mol. The summed E-state index contributed by atoms with van der Waals surface area (Å²) in [6.45, 7) is 6.76. The van der Waals surface area contributed by atoms with Crippen LogP contribution in [0.15, 0.2) is 23.8 Å². The van der Waals surface area contributed by atoms with E-state index in [0.717, 1.165) is 6.42 Å². The molecule has 0 aromatic carbocycles. The molecule has 0 heterocycles. The second-order valence-corrected chi connectivity index (χ2v) is 4.65. The topological polar surface area (TPSA) is 3.24 Å². The van der Waals surface area contributed by atoms with E-state index in [1.165, 1.54) is 5.57 Å². The molecule has 0 spiro atoms. The molecule has 0 amide bonds. The Labute approximate surface area is 82.1 Å². The van der Waals surface area contributed by atoms with Crippen LogP contribution in [0.4, 0.5) is 0 Å². The fourth-order valence-electron chi connectivity index (χ4n) is 1.50. The van der Waals surface area contributed by atoms with Crippen molar-refractivity contribution < 1.29 is 0 Å². The van der Waals surface area contributed by atoms with Gasteiger partial charge in [-0.1, -0.05) is 32.1 Å². The van der Waals surface area contributed by atoms with Gasteiger partial charge in [-0.25, -0.2) is 0 Å². The maximum absolute atomic E-state index is 2.37. The van der Waals surface area contributed by atoms with Crippen molar-refractivity contribution in [2.75, 3.05) is 14.1 Å². The van der Waals surface area contributed by atoms with E-state index in [2.05, 4.69) is 58.0 Å². The average Bonchev–Trinajstić information content (AvgIpc) is 2.04. The normalized spacial score (nSPS) is 28.4. The Kier molecular flexibility index (Phi) is 2.97. The molecular weight excluding hydrogens is 158 g/mol. The number of rotatable bonds is 2. The van der Waals surface area contributed by atoms with Crippen LogP contribution in [0, 0.1) is 5.92 Å². The van der Waals surface area contributed by atoms with Crippen molar-refractivity contribution >= 4 is 0 Å². The van der Waals surface area contributed by atoms with Gasteiger partial charge in [0.25, 0.3) is 0 Å². The Hall–Kier alpha value is -0.560. The van der Waals surface area contributed by atoms with Crippen LogP contribution in [0.25, 0.3) is 0 Å². The van der Waals surface area contributed by atoms with Crippen LogP contribution in [0.5, 0.6) is 0 Å². The van der Waals surface area contributed by atoms with Gasteiger partial charge in [0.2, 0.25) is 0 Å². The first kappa shape index (κ1) is 10.5. The average molecular weight is 179 g/mol. The standard InChI is InChI=1S/C12H21N/c1-10(2)11-6-8-12(3,9-7-11)13(4)5/h6-8,10H,9H2,1-5H3. The number of allylic oxidation sites excluding steroid dienone is 2. The minimum absolute atomic E-state index is 0.221. The van der Waals surface area contributed by atoms with Crippen LogP contribution < -0.4 is 0 Å². The van der Waals surface area contributed by atoms with Crippen molar-refractivity contribution in [2.45, 2.75) is 32.7 Å². The van der Waals surface area contributed by atoms with E-state index in [0.29, 0.717) is 5.92 Å². The van der Waals surface area contributed by atoms with Crippen LogP contribution in [-0.4, -0.2) is 24.5 Å². The molecule has 0 radical (unpaired) electrons. The smallest absolute Gasteiger partial charge is 0.0394 e. The molecule has 1 atom stereocenters. The lowest BCUT2D eigenvalue weighted by molar-refractivity contribution is 0.229. The van der Waals surface area contributed by atoms with Crippen LogP contribution in [-0.2, 0) is 0 Å². The van der Waals surface area contributed by atoms with Gasteiger partial charge in [-0.3, -0.25) is 0 Å². The van der Waals surface area contributed by atoms with Crippen LogP contribution in [0.3, 0.4) is 0 Å². The van der Waals surface area contributed by atoms with Gasteiger partial charge in [0.1, 0.15) is 0 Å². The third-order valence-corrected chi connectivity index (χ3v) is 3.07. The highest BCUT2D eigenvalue weighted by molar-refractivity contribution is 5.29. The molecule has 1 rings (SSSR count). The molecule has 0 saturated carbocycles. The SMILES string of the molecule is CC(C)C1=CCC(C)(N(C)C)C=C1. The van der Waals surface area contributed by atoms with Crippen molar-refractivity contribution in [1.29, 1.82) is 0 Å². The van der Waals surface area contributed by atoms with E-state index >= 15 is 0 Å². The van der Waals surface area contributed by atoms with E-state index in [1.807, 2.05) is 0 Å². The summed E-state index contributed by atoms with van der Waals surface area (Å²) in [4.78, 5) is 2.27. The third-order valence-electron chi connectivity index (χ3n) is 3.07. The number of hydrogen-bond donors (Lipinski definition) is 0. The molecule has 1 aliphatic rings. The van der Waals surface area contributed by atoms with Gasteiger partial charge in [0, 0.05) is 5.54 Å². The second-order valence-electron chi connectivity index (χ2n) is 4.65. The van der Waals surface area contributed by atoms with Crippen molar-refractivity contribution in [3.05, 3.63) is 23.8 Å². The Morgan fingerprint density at radius 3 is 2.31 bits per heavy atom. The molecule has 1 nitrogen and oxygen atoms in total. The van der Waals surface area contributed by atoms with Gasteiger partial charge in [0.05, 0.1) is 0 Å². The maximum Gasteiger partial charge on any atom is 0.0394 e. The van der Waals surface area contributed by atoms with Crippen molar-refractivity contribution in [2.24, 2.45) is 5.92 Å². The predicted molar refractivity (Wildman–Crippen MR) is 58.8 cm³/mol. The number of hydrogen-bond acceptors (Lipinski definition) is 1. The summed E-state index contributed by atoms with van der Waals surface area (Å²) >= 11 is 0. The van der Waals surface area contributed by atoms with Gasteiger partial charge in [-0.05, 0) is 38.9 Å². The lowest BCUT2D eigenvalue weighted by atomic mass is 9.86. The highest BCUT2D eigenvalue weighted by Gasteiger charge is 2.24. The summed E-state index contributed by atoms with van der Waals surface area (Å²) in [5.41, 5.74) is 1.69. The second kappa shape index (κ2) is 3.67. The molecule has 13 heavy (non-hydrogen) atoms. The Morgan fingerprint density at radius 1 is 1.38 bits per heavy atom. The lowest BCUT2D eigenvalue weighted by Crippen LogP contribution is -2.39. The van der Waals surface area contributed by atoms with Gasteiger partial charge in [0.15, 0.2) is 0 Å². The highest BCUT2D eigenvalue weighted by Crippen LogP contribution is 2.27. The molecule has 0 fully saturated rings. The van der Waals surface area contributed by atoms with E-state index in [-0.39, 0.29) is 5.54 Å². The Morgan fingerprint density at radius 2 is 2.00 bits per heavy atom. The van der Waals surface area contributed by atoms with Crippen molar-refractivity contribution in [1.82, 2.24) is 4.90 Å². The number of nitrogens with zero attached hydrogens (tertiary/aromatic N) is 1. The lowest BCUT2D eigenvalue weighted by Gasteiger charge is -2.35. The zero-order valence-corrected chi connectivity index (χ0v) is 9.46. The van der Waals surface area contributed by atoms with Crippen LogP contribution in [0.2, 0.25) is 0 Å². The summed E-state index contributed by atoms with van der Waals surface area (Å²) in [5, 5.41) is 0. The fraction of sp³-hybridized carbons (Fsp3) is 0.667. The molecule has 1 unspecified atom stereocenters. The first-order chi connectivity index (χ1) is 5.96. The Balaban J connectivity index is 2.73. The Bertz CT molecular complexity index is 236. The molecule has 0 aliphatic heterocycles. The molecule has 0 saturated heterocycles. The van der Waals surface area contributed by atoms with Gasteiger partial charge >= 0.3 is 0 Å². The van der Waals surface area contributed by atoms with Gasteiger partial charge in [-0.15, -0.1) is 0 Å². The van der Waals surface area contributed by atoms with E-state index in [4.69, 9.17) is 0 Å². The highest BCUT2D eigenvalue weighted by atomic mass is 15.1. The number of likely N-dealkylation sites (N-methyl/N-ethyl adjacent to an activating group) is 1. The molecule has 74 valence electrons. The predicted octanol–water partition coefficient (Wildman–Crippen LogP) is 2.85. The molecule has 0 aromatic heterocycles. The quantitative estimate of drug-likeness (QED) is 0.630. The summed E-state index contributed by atoms with van der Waals surface area (Å²) in [6, 6.07) is 0.